The molecule has 2 N–H and O–H groups in total. The number of hydrogen-bond acceptors (Lipinski definition) is 2. The van der Waals surface area contributed by atoms with Crippen molar-refractivity contribution in [1.29, 1.82) is 0 Å². The minimum Gasteiger partial charge on any atom is -0.353 e. The Morgan fingerprint density at radius 1 is 1.70 bits per heavy atom. The Kier molecular flexibility index (Phi) is 1.94. The molecule has 0 spiro atoms. The van der Waals surface area contributed by atoms with E-state index in [2.05, 4.69) is 24.5 Å². The second kappa shape index (κ2) is 2.58. The van der Waals surface area contributed by atoms with E-state index in [0.29, 0.717) is 6.54 Å². The molecule has 1 unspecified atom stereocenters. The van der Waals surface area contributed by atoms with Gasteiger partial charge in [0.05, 0.1) is 6.54 Å². The van der Waals surface area contributed by atoms with Crippen molar-refractivity contribution in [1.82, 2.24) is 10.6 Å². The van der Waals surface area contributed by atoms with Gasteiger partial charge in [-0.3, -0.25) is 4.79 Å². The summed E-state index contributed by atoms with van der Waals surface area (Å²) in [5, 5.41) is 6.00. The van der Waals surface area contributed by atoms with E-state index in [9.17, 15) is 4.79 Å². The molecule has 1 fully saturated rings. The van der Waals surface area contributed by atoms with Gasteiger partial charge in [-0.1, -0.05) is 6.92 Å². The monoisotopic (exact) mass is 142 g/mol. The van der Waals surface area contributed by atoms with Gasteiger partial charge in [0.15, 0.2) is 0 Å². The average molecular weight is 142 g/mol. The number of rotatable bonds is 1. The molecular weight excluding hydrogens is 128 g/mol. The Balaban J connectivity index is 2.46. The summed E-state index contributed by atoms with van der Waals surface area (Å²) in [6.45, 7) is 5.45. The SMILES string of the molecule is CCC1(C)CNC(=O)CN1. The number of carbonyl (C=O) groups is 1. The minimum absolute atomic E-state index is 0.103. The zero-order valence-corrected chi connectivity index (χ0v) is 6.53. The van der Waals surface area contributed by atoms with Crippen LogP contribution in [0.2, 0.25) is 0 Å². The van der Waals surface area contributed by atoms with E-state index in [4.69, 9.17) is 0 Å². The molecular formula is C7H14N2O. The molecule has 1 aliphatic heterocycles. The summed E-state index contributed by atoms with van der Waals surface area (Å²) in [6, 6.07) is 0. The maximum atomic E-state index is 10.7. The summed E-state index contributed by atoms with van der Waals surface area (Å²) >= 11 is 0. The fourth-order valence-corrected chi connectivity index (χ4v) is 0.962. The molecule has 1 amide bonds. The number of nitrogens with one attached hydrogen (secondary N) is 2. The molecule has 3 nitrogen and oxygen atoms in total. The smallest absolute Gasteiger partial charge is 0.234 e. The lowest BCUT2D eigenvalue weighted by Gasteiger charge is -2.33. The molecule has 0 aliphatic carbocycles. The molecule has 1 saturated heterocycles. The molecule has 3 heteroatoms. The van der Waals surface area contributed by atoms with Gasteiger partial charge in [-0.25, -0.2) is 0 Å². The van der Waals surface area contributed by atoms with Gasteiger partial charge in [-0.15, -0.1) is 0 Å². The third-order valence-electron chi connectivity index (χ3n) is 2.13. The summed E-state index contributed by atoms with van der Waals surface area (Å²) in [7, 11) is 0. The highest BCUT2D eigenvalue weighted by atomic mass is 16.2. The van der Waals surface area contributed by atoms with E-state index >= 15 is 0 Å². The quantitative estimate of drug-likeness (QED) is 0.535. The highest BCUT2D eigenvalue weighted by molar-refractivity contribution is 5.79. The first-order valence-corrected chi connectivity index (χ1v) is 3.68. The Hall–Kier alpha value is -0.570. The van der Waals surface area contributed by atoms with Crippen LogP contribution < -0.4 is 10.6 Å². The molecule has 0 bridgehead atoms. The Morgan fingerprint density at radius 3 is 2.80 bits per heavy atom. The van der Waals surface area contributed by atoms with Crippen LogP contribution in [0.5, 0.6) is 0 Å². The van der Waals surface area contributed by atoms with Crippen LogP contribution in [0.4, 0.5) is 0 Å². The lowest BCUT2D eigenvalue weighted by molar-refractivity contribution is -0.122. The van der Waals surface area contributed by atoms with Crippen LogP contribution in [0, 0.1) is 0 Å². The molecule has 0 saturated carbocycles. The Morgan fingerprint density at radius 2 is 2.40 bits per heavy atom. The lowest BCUT2D eigenvalue weighted by atomic mass is 9.97. The van der Waals surface area contributed by atoms with Crippen molar-refractivity contribution in [2.24, 2.45) is 0 Å². The van der Waals surface area contributed by atoms with Crippen molar-refractivity contribution in [2.45, 2.75) is 25.8 Å². The van der Waals surface area contributed by atoms with Crippen molar-refractivity contribution in [3.05, 3.63) is 0 Å². The highest BCUT2D eigenvalue weighted by Crippen LogP contribution is 2.08. The fraction of sp³-hybridized carbons (Fsp3) is 0.857. The van der Waals surface area contributed by atoms with Gasteiger partial charge in [0, 0.05) is 12.1 Å². The number of hydrogen-bond donors (Lipinski definition) is 2. The summed E-state index contributed by atoms with van der Waals surface area (Å²) in [6.07, 6.45) is 1.05. The minimum atomic E-state index is 0.103. The standard InChI is InChI=1S/C7H14N2O/c1-3-7(2)5-8-6(10)4-9-7/h9H,3-5H2,1-2H3,(H,8,10). The summed E-state index contributed by atoms with van der Waals surface area (Å²) in [5.41, 5.74) is 0.119. The molecule has 0 aromatic rings. The van der Waals surface area contributed by atoms with E-state index in [1.807, 2.05) is 0 Å². The largest absolute Gasteiger partial charge is 0.353 e. The fourth-order valence-electron chi connectivity index (χ4n) is 0.962. The van der Waals surface area contributed by atoms with Crippen LogP contribution in [0.25, 0.3) is 0 Å². The van der Waals surface area contributed by atoms with Gasteiger partial charge < -0.3 is 10.6 Å². The second-order valence-electron chi connectivity index (χ2n) is 3.04. The van der Waals surface area contributed by atoms with Gasteiger partial charge in [0.1, 0.15) is 0 Å². The average Bonchev–Trinajstić information content (AvgIpc) is 1.96. The molecule has 0 radical (unpaired) electrons. The van der Waals surface area contributed by atoms with Crippen LogP contribution in [-0.4, -0.2) is 24.5 Å². The first kappa shape index (κ1) is 7.54. The lowest BCUT2D eigenvalue weighted by Crippen LogP contribution is -2.59. The van der Waals surface area contributed by atoms with Crippen LogP contribution >= 0.6 is 0 Å². The predicted molar refractivity (Wildman–Crippen MR) is 39.7 cm³/mol. The third-order valence-corrected chi connectivity index (χ3v) is 2.13. The number of amides is 1. The molecule has 1 heterocycles. The van der Waals surface area contributed by atoms with E-state index in [1.165, 1.54) is 0 Å². The van der Waals surface area contributed by atoms with Gasteiger partial charge in [-0.05, 0) is 13.3 Å². The van der Waals surface area contributed by atoms with Crippen LogP contribution in [0.1, 0.15) is 20.3 Å². The maximum absolute atomic E-state index is 10.7. The van der Waals surface area contributed by atoms with Crippen LogP contribution in [-0.2, 0) is 4.79 Å². The van der Waals surface area contributed by atoms with E-state index in [1.54, 1.807) is 0 Å². The maximum Gasteiger partial charge on any atom is 0.234 e. The molecule has 10 heavy (non-hydrogen) atoms. The van der Waals surface area contributed by atoms with E-state index in [0.717, 1.165) is 13.0 Å². The topological polar surface area (TPSA) is 41.1 Å². The van der Waals surface area contributed by atoms with Crippen molar-refractivity contribution in [3.63, 3.8) is 0 Å². The van der Waals surface area contributed by atoms with Crippen molar-refractivity contribution in [2.75, 3.05) is 13.1 Å². The first-order valence-electron chi connectivity index (χ1n) is 3.68. The molecule has 1 atom stereocenters. The molecule has 1 aliphatic rings. The van der Waals surface area contributed by atoms with Gasteiger partial charge in [0.25, 0.3) is 0 Å². The Bertz CT molecular complexity index is 135. The van der Waals surface area contributed by atoms with Crippen LogP contribution in [0.3, 0.4) is 0 Å². The molecule has 0 aromatic heterocycles. The Labute approximate surface area is 61.2 Å². The van der Waals surface area contributed by atoms with E-state index < -0.39 is 0 Å². The number of piperazine rings is 1. The summed E-state index contributed by atoms with van der Waals surface area (Å²) in [5.74, 6) is 0.103. The normalized spacial score (nSPS) is 33.6. The van der Waals surface area contributed by atoms with Crippen LogP contribution in [0.15, 0.2) is 0 Å². The second-order valence-corrected chi connectivity index (χ2v) is 3.04. The zero-order valence-electron chi connectivity index (χ0n) is 6.53. The predicted octanol–water partition coefficient (Wildman–Crippen LogP) is -0.126. The highest BCUT2D eigenvalue weighted by Gasteiger charge is 2.26. The van der Waals surface area contributed by atoms with E-state index in [-0.39, 0.29) is 11.4 Å². The summed E-state index contributed by atoms with van der Waals surface area (Å²) < 4.78 is 0. The molecule has 58 valence electrons. The molecule has 1 rings (SSSR count). The van der Waals surface area contributed by atoms with Crippen molar-refractivity contribution >= 4 is 5.91 Å². The first-order chi connectivity index (χ1) is 4.66. The van der Waals surface area contributed by atoms with Gasteiger partial charge in [0.2, 0.25) is 5.91 Å². The summed E-state index contributed by atoms with van der Waals surface area (Å²) in [4.78, 5) is 10.7. The van der Waals surface area contributed by atoms with Gasteiger partial charge >= 0.3 is 0 Å². The molecule has 0 aromatic carbocycles. The third kappa shape index (κ3) is 1.48. The van der Waals surface area contributed by atoms with Crippen molar-refractivity contribution in [3.8, 4) is 0 Å². The number of carbonyl (C=O) groups excluding carboxylic acids is 1. The zero-order chi connectivity index (χ0) is 7.61. The van der Waals surface area contributed by atoms with Gasteiger partial charge in [-0.2, -0.15) is 0 Å². The van der Waals surface area contributed by atoms with Crippen molar-refractivity contribution < 1.29 is 4.79 Å².